The van der Waals surface area contributed by atoms with Gasteiger partial charge in [-0.3, -0.25) is 28.9 Å². The van der Waals surface area contributed by atoms with Crippen LogP contribution in [0.2, 0.25) is 0 Å². The fourth-order valence-corrected chi connectivity index (χ4v) is 1.76. The topological polar surface area (TPSA) is 91.8 Å². The molecule has 0 atom stereocenters. The van der Waals surface area contributed by atoms with Crippen LogP contribution < -0.4 is 0 Å². The number of likely N-dealkylation sites (tertiary alicyclic amines) is 1. The average Bonchev–Trinajstić information content (AvgIpc) is 2.59. The highest BCUT2D eigenvalue weighted by Crippen LogP contribution is 2.11. The van der Waals surface area contributed by atoms with Crippen molar-refractivity contribution < 1.29 is 24.0 Å². The van der Waals surface area contributed by atoms with Crippen molar-refractivity contribution in [3.05, 3.63) is 0 Å². The lowest BCUT2D eigenvalue weighted by Crippen LogP contribution is -2.38. The number of carbonyl (C=O) groups is 5. The Bertz CT molecular complexity index is 427. The highest BCUT2D eigenvalue weighted by molar-refractivity contribution is 6.07. The quantitative estimate of drug-likeness (QED) is 0.462. The van der Waals surface area contributed by atoms with Crippen molar-refractivity contribution in [3.8, 4) is 0 Å². The third-order valence-electron chi connectivity index (χ3n) is 2.72. The normalized spacial score (nSPS) is 14.7. The van der Waals surface area contributed by atoms with Crippen molar-refractivity contribution in [1.82, 2.24) is 9.80 Å². The van der Waals surface area contributed by atoms with Gasteiger partial charge in [0.15, 0.2) is 5.78 Å². The summed E-state index contributed by atoms with van der Waals surface area (Å²) < 4.78 is 0. The Morgan fingerprint density at radius 1 is 1.16 bits per heavy atom. The zero-order chi connectivity index (χ0) is 14.6. The molecule has 0 bridgehead atoms. The van der Waals surface area contributed by atoms with E-state index in [9.17, 15) is 24.0 Å². The van der Waals surface area contributed by atoms with Crippen LogP contribution >= 0.6 is 0 Å². The molecule has 19 heavy (non-hydrogen) atoms. The minimum absolute atomic E-state index is 0.0618. The van der Waals surface area contributed by atoms with Gasteiger partial charge in [0.1, 0.15) is 5.78 Å². The molecule has 0 saturated carbocycles. The van der Waals surface area contributed by atoms with E-state index in [1.165, 1.54) is 14.0 Å². The van der Waals surface area contributed by atoms with Crippen molar-refractivity contribution in [2.24, 2.45) is 0 Å². The average molecular weight is 268 g/mol. The molecule has 0 aromatic carbocycles. The number of hydrogen-bond acceptors (Lipinski definition) is 5. The summed E-state index contributed by atoms with van der Waals surface area (Å²) in [5.41, 5.74) is 0. The number of likely N-dealkylation sites (N-methyl/N-ethyl adjacent to an activating group) is 1. The number of amides is 3. The van der Waals surface area contributed by atoms with Gasteiger partial charge in [-0.15, -0.1) is 0 Å². The summed E-state index contributed by atoms with van der Waals surface area (Å²) in [6, 6.07) is 0. The number of hydrogen-bond donors (Lipinski definition) is 0. The molecule has 1 rings (SSSR count). The molecule has 0 aromatic rings. The Kier molecular flexibility index (Phi) is 4.91. The van der Waals surface area contributed by atoms with Gasteiger partial charge in [-0.25, -0.2) is 0 Å². The third-order valence-corrected chi connectivity index (χ3v) is 2.72. The summed E-state index contributed by atoms with van der Waals surface area (Å²) in [4.78, 5) is 58.7. The molecule has 1 saturated heterocycles. The molecule has 0 aliphatic carbocycles. The number of ketones is 2. The van der Waals surface area contributed by atoms with Gasteiger partial charge >= 0.3 is 0 Å². The first-order valence-electron chi connectivity index (χ1n) is 5.89. The Hall–Kier alpha value is -2.05. The molecule has 1 aliphatic heterocycles. The second kappa shape index (κ2) is 6.21. The number of carbonyl (C=O) groups excluding carboxylic acids is 5. The fraction of sp³-hybridized carbons (Fsp3) is 0.583. The van der Waals surface area contributed by atoms with Crippen LogP contribution in [0, 0.1) is 0 Å². The second-order valence-electron chi connectivity index (χ2n) is 4.54. The summed E-state index contributed by atoms with van der Waals surface area (Å²) in [7, 11) is 1.42. The Labute approximate surface area is 110 Å². The van der Waals surface area contributed by atoms with Gasteiger partial charge in [-0.2, -0.15) is 0 Å². The lowest BCUT2D eigenvalue weighted by atomic mass is 10.2. The number of Topliss-reactive ketones (excluding diaryl/α,β-unsaturated/α-hetero) is 2. The molecular weight excluding hydrogens is 252 g/mol. The lowest BCUT2D eigenvalue weighted by molar-refractivity contribution is -0.144. The van der Waals surface area contributed by atoms with Crippen LogP contribution in [0.1, 0.15) is 26.2 Å². The van der Waals surface area contributed by atoms with E-state index in [4.69, 9.17) is 0 Å². The molecule has 7 nitrogen and oxygen atoms in total. The molecule has 0 radical (unpaired) electrons. The molecule has 104 valence electrons. The van der Waals surface area contributed by atoms with Crippen LogP contribution in [-0.2, 0) is 24.0 Å². The lowest BCUT2D eigenvalue weighted by Gasteiger charge is -2.16. The van der Waals surface area contributed by atoms with Crippen LogP contribution in [0.4, 0.5) is 0 Å². The maximum Gasteiger partial charge on any atom is 0.230 e. The van der Waals surface area contributed by atoms with Gasteiger partial charge in [-0.05, 0) is 6.92 Å². The van der Waals surface area contributed by atoms with E-state index >= 15 is 0 Å². The molecule has 3 amide bonds. The molecule has 1 aliphatic rings. The van der Waals surface area contributed by atoms with Crippen molar-refractivity contribution in [3.63, 3.8) is 0 Å². The van der Waals surface area contributed by atoms with Crippen LogP contribution in [0.3, 0.4) is 0 Å². The van der Waals surface area contributed by atoms with Crippen molar-refractivity contribution >= 4 is 29.3 Å². The van der Waals surface area contributed by atoms with Gasteiger partial charge in [-0.1, -0.05) is 0 Å². The molecule has 1 heterocycles. The molecule has 0 unspecified atom stereocenters. The van der Waals surface area contributed by atoms with E-state index in [2.05, 4.69) is 0 Å². The number of nitrogens with zero attached hydrogens (tertiary/aromatic N) is 2. The Morgan fingerprint density at radius 2 is 1.68 bits per heavy atom. The molecule has 0 spiro atoms. The second-order valence-corrected chi connectivity index (χ2v) is 4.54. The van der Waals surface area contributed by atoms with Gasteiger partial charge in [0.25, 0.3) is 0 Å². The largest absolute Gasteiger partial charge is 0.338 e. The Balaban J connectivity index is 2.47. The highest BCUT2D eigenvalue weighted by Gasteiger charge is 2.30. The summed E-state index contributed by atoms with van der Waals surface area (Å²) >= 11 is 0. The minimum atomic E-state index is -0.510. The van der Waals surface area contributed by atoms with E-state index in [-0.39, 0.29) is 43.5 Å². The summed E-state index contributed by atoms with van der Waals surface area (Å²) in [5.74, 6) is -1.97. The smallest absolute Gasteiger partial charge is 0.230 e. The third kappa shape index (κ3) is 4.27. The molecule has 0 N–H and O–H groups in total. The van der Waals surface area contributed by atoms with E-state index in [0.717, 1.165) is 9.80 Å². The molecule has 1 fully saturated rings. The van der Waals surface area contributed by atoms with Gasteiger partial charge < -0.3 is 4.90 Å². The van der Waals surface area contributed by atoms with E-state index in [1.54, 1.807) is 0 Å². The van der Waals surface area contributed by atoms with Crippen LogP contribution in [0.15, 0.2) is 0 Å². The predicted octanol–water partition coefficient (Wildman–Crippen LogP) is -0.858. The highest BCUT2D eigenvalue weighted by atomic mass is 16.2. The predicted molar refractivity (Wildman–Crippen MR) is 63.9 cm³/mol. The summed E-state index contributed by atoms with van der Waals surface area (Å²) in [5, 5.41) is 0. The van der Waals surface area contributed by atoms with Gasteiger partial charge in [0, 0.05) is 19.9 Å². The monoisotopic (exact) mass is 268 g/mol. The first-order valence-corrected chi connectivity index (χ1v) is 5.89. The first kappa shape index (κ1) is 15.0. The fourth-order valence-electron chi connectivity index (χ4n) is 1.76. The van der Waals surface area contributed by atoms with E-state index in [0.29, 0.717) is 0 Å². The van der Waals surface area contributed by atoms with Crippen LogP contribution in [0.25, 0.3) is 0 Å². The molecular formula is C12H16N2O5. The van der Waals surface area contributed by atoms with Crippen LogP contribution in [-0.4, -0.2) is 59.2 Å². The standard InChI is InChI=1S/C12H16N2O5/c1-8(15)6-13(2)12(19)5-9(16)7-14-10(17)3-4-11(14)18/h3-7H2,1-2H3. The van der Waals surface area contributed by atoms with Crippen molar-refractivity contribution in [2.45, 2.75) is 26.2 Å². The summed E-state index contributed by atoms with van der Waals surface area (Å²) in [6.07, 6.45) is -0.185. The van der Waals surface area contributed by atoms with Gasteiger partial charge in [0.05, 0.1) is 19.5 Å². The van der Waals surface area contributed by atoms with Crippen molar-refractivity contribution in [1.29, 1.82) is 0 Å². The molecule has 7 heteroatoms. The first-order chi connectivity index (χ1) is 8.81. The zero-order valence-corrected chi connectivity index (χ0v) is 11.0. The van der Waals surface area contributed by atoms with Gasteiger partial charge in [0.2, 0.25) is 17.7 Å². The number of rotatable bonds is 6. The molecule has 0 aromatic heterocycles. The summed E-state index contributed by atoms with van der Waals surface area (Å²) in [6.45, 7) is 0.915. The van der Waals surface area contributed by atoms with E-state index < -0.39 is 18.1 Å². The van der Waals surface area contributed by atoms with Crippen LogP contribution in [0.5, 0.6) is 0 Å². The Morgan fingerprint density at radius 3 is 2.16 bits per heavy atom. The van der Waals surface area contributed by atoms with Crippen molar-refractivity contribution in [2.75, 3.05) is 20.1 Å². The maximum absolute atomic E-state index is 11.6. The number of imide groups is 1. The SMILES string of the molecule is CC(=O)CN(C)C(=O)CC(=O)CN1C(=O)CCC1=O. The minimum Gasteiger partial charge on any atom is -0.338 e. The maximum atomic E-state index is 11.6. The van der Waals surface area contributed by atoms with E-state index in [1.807, 2.05) is 0 Å². The zero-order valence-electron chi connectivity index (χ0n) is 11.0.